The number of nitrogens with zero attached hydrogens (tertiary/aromatic N) is 4. The highest BCUT2D eigenvalue weighted by Gasteiger charge is 2.45. The van der Waals surface area contributed by atoms with Crippen molar-refractivity contribution < 1.29 is 4.79 Å². The molecule has 6 nitrogen and oxygen atoms in total. The Kier molecular flexibility index (Phi) is 4.60. The van der Waals surface area contributed by atoms with Crippen LogP contribution in [0.3, 0.4) is 0 Å². The standard InChI is InChI=1S/C21H27N5O/c1-13-5-14(2)7-17(6-13)24-21(27)12-26-18-9-19(26)11-25(10-18)20-8-15(3)22-16(4)23-20/h5-8,18-19H,9-12H2,1-4H3,(H,24,27). The zero-order chi connectivity index (χ0) is 19.1. The minimum atomic E-state index is 0.0666. The Morgan fingerprint density at radius 1 is 1.04 bits per heavy atom. The number of aryl methyl sites for hydroxylation is 4. The Bertz CT molecular complexity index is 828. The van der Waals surface area contributed by atoms with Gasteiger partial charge in [-0.1, -0.05) is 6.07 Å². The third-order valence-corrected chi connectivity index (χ3v) is 5.45. The summed E-state index contributed by atoms with van der Waals surface area (Å²) in [6.07, 6.45) is 1.16. The monoisotopic (exact) mass is 365 g/mol. The average Bonchev–Trinajstić information content (AvgIpc) is 2.58. The molecule has 2 unspecified atom stereocenters. The molecule has 3 aliphatic heterocycles. The highest BCUT2D eigenvalue weighted by atomic mass is 16.2. The van der Waals surface area contributed by atoms with E-state index in [1.807, 2.05) is 39.8 Å². The molecule has 142 valence electrons. The van der Waals surface area contributed by atoms with Crippen LogP contribution in [0.25, 0.3) is 0 Å². The first-order valence-corrected chi connectivity index (χ1v) is 9.58. The van der Waals surface area contributed by atoms with E-state index in [0.717, 1.165) is 53.7 Å². The van der Waals surface area contributed by atoms with Gasteiger partial charge in [-0.25, -0.2) is 9.97 Å². The molecule has 27 heavy (non-hydrogen) atoms. The van der Waals surface area contributed by atoms with Gasteiger partial charge in [-0.15, -0.1) is 0 Å². The number of fused-ring (bicyclic) bond motifs is 2. The number of carbonyl (C=O) groups excluding carboxylic acids is 1. The average molecular weight is 365 g/mol. The molecule has 0 radical (unpaired) electrons. The molecule has 1 N–H and O–H groups in total. The Morgan fingerprint density at radius 2 is 1.70 bits per heavy atom. The van der Waals surface area contributed by atoms with Crippen LogP contribution in [0, 0.1) is 27.7 Å². The lowest BCUT2D eigenvalue weighted by Crippen LogP contribution is -2.69. The van der Waals surface area contributed by atoms with Gasteiger partial charge in [0.05, 0.1) is 6.54 Å². The molecule has 6 heteroatoms. The number of piperidine rings is 1. The number of nitrogens with one attached hydrogen (secondary N) is 1. The lowest BCUT2D eigenvalue weighted by Gasteiger charge is -2.56. The number of anilines is 2. The Hall–Kier alpha value is -2.47. The maximum atomic E-state index is 12.5. The predicted molar refractivity (Wildman–Crippen MR) is 107 cm³/mol. The van der Waals surface area contributed by atoms with E-state index < -0.39 is 0 Å². The second-order valence-corrected chi connectivity index (χ2v) is 7.96. The van der Waals surface area contributed by atoms with Crippen molar-refractivity contribution in [2.75, 3.05) is 29.9 Å². The molecule has 4 heterocycles. The fraction of sp³-hybridized carbons (Fsp3) is 0.476. The SMILES string of the molecule is Cc1cc(C)cc(NC(=O)CN2C3CC2CN(c2cc(C)nc(C)n2)C3)c1. The van der Waals surface area contributed by atoms with Gasteiger partial charge in [-0.3, -0.25) is 9.69 Å². The van der Waals surface area contributed by atoms with Crippen molar-refractivity contribution >= 4 is 17.4 Å². The number of aromatic nitrogens is 2. The minimum Gasteiger partial charge on any atom is -0.353 e. The van der Waals surface area contributed by atoms with Crippen LogP contribution < -0.4 is 10.2 Å². The van der Waals surface area contributed by atoms with E-state index in [2.05, 4.69) is 37.2 Å². The summed E-state index contributed by atoms with van der Waals surface area (Å²) in [5, 5.41) is 3.05. The lowest BCUT2D eigenvalue weighted by atomic mass is 9.87. The van der Waals surface area contributed by atoms with Crippen molar-refractivity contribution in [3.8, 4) is 0 Å². The number of benzene rings is 1. The summed E-state index contributed by atoms with van der Waals surface area (Å²) in [6, 6.07) is 9.04. The second-order valence-electron chi connectivity index (χ2n) is 7.96. The van der Waals surface area contributed by atoms with E-state index in [1.165, 1.54) is 0 Å². The Morgan fingerprint density at radius 3 is 2.33 bits per heavy atom. The number of carbonyl (C=O) groups is 1. The quantitative estimate of drug-likeness (QED) is 0.902. The van der Waals surface area contributed by atoms with Gasteiger partial charge in [0, 0.05) is 42.6 Å². The van der Waals surface area contributed by atoms with E-state index >= 15 is 0 Å². The first-order valence-electron chi connectivity index (χ1n) is 9.58. The van der Waals surface area contributed by atoms with Crippen molar-refractivity contribution in [3.63, 3.8) is 0 Å². The topological polar surface area (TPSA) is 61.4 Å². The Labute approximate surface area is 160 Å². The van der Waals surface area contributed by atoms with Crippen LogP contribution in [0.4, 0.5) is 11.5 Å². The van der Waals surface area contributed by atoms with Gasteiger partial charge < -0.3 is 10.2 Å². The molecule has 0 saturated carbocycles. The zero-order valence-electron chi connectivity index (χ0n) is 16.5. The van der Waals surface area contributed by atoms with E-state index in [9.17, 15) is 4.79 Å². The van der Waals surface area contributed by atoms with Crippen LogP contribution in [-0.2, 0) is 4.79 Å². The third-order valence-electron chi connectivity index (χ3n) is 5.45. The molecule has 3 fully saturated rings. The molecule has 0 spiro atoms. The van der Waals surface area contributed by atoms with Gasteiger partial charge in [-0.2, -0.15) is 0 Å². The summed E-state index contributed by atoms with van der Waals surface area (Å²) >= 11 is 0. The highest BCUT2D eigenvalue weighted by Crippen LogP contribution is 2.34. The summed E-state index contributed by atoms with van der Waals surface area (Å²) in [7, 11) is 0. The summed E-state index contributed by atoms with van der Waals surface area (Å²) in [4.78, 5) is 26.1. The van der Waals surface area contributed by atoms with E-state index in [0.29, 0.717) is 18.6 Å². The maximum absolute atomic E-state index is 12.5. The Balaban J connectivity index is 1.36. The van der Waals surface area contributed by atoms with Crippen molar-refractivity contribution in [2.45, 2.75) is 46.2 Å². The first kappa shape index (κ1) is 17.9. The largest absolute Gasteiger partial charge is 0.353 e. The molecule has 2 bridgehead atoms. The van der Waals surface area contributed by atoms with Crippen LogP contribution >= 0.6 is 0 Å². The molecular formula is C21H27N5O. The molecule has 1 amide bonds. The normalized spacial score (nSPS) is 21.7. The van der Waals surface area contributed by atoms with Crippen molar-refractivity contribution in [2.24, 2.45) is 0 Å². The lowest BCUT2D eigenvalue weighted by molar-refractivity contribution is -0.121. The van der Waals surface area contributed by atoms with Crippen molar-refractivity contribution in [1.29, 1.82) is 0 Å². The number of rotatable bonds is 4. The predicted octanol–water partition coefficient (Wildman–Crippen LogP) is 2.61. The fourth-order valence-corrected chi connectivity index (χ4v) is 4.40. The van der Waals surface area contributed by atoms with Crippen LogP contribution in [0.1, 0.15) is 29.1 Å². The fourth-order valence-electron chi connectivity index (χ4n) is 4.40. The summed E-state index contributed by atoms with van der Waals surface area (Å²) in [5.41, 5.74) is 4.22. The van der Waals surface area contributed by atoms with Gasteiger partial charge in [0.2, 0.25) is 5.91 Å². The van der Waals surface area contributed by atoms with Crippen molar-refractivity contribution in [3.05, 3.63) is 46.9 Å². The molecule has 2 atom stereocenters. The van der Waals surface area contributed by atoms with E-state index in [4.69, 9.17) is 0 Å². The first-order chi connectivity index (χ1) is 12.9. The third kappa shape index (κ3) is 3.81. The number of amides is 1. The molecule has 0 aliphatic carbocycles. The van der Waals surface area contributed by atoms with Gasteiger partial charge in [-0.05, 0) is 57.4 Å². The summed E-state index contributed by atoms with van der Waals surface area (Å²) in [6.45, 7) is 10.3. The minimum absolute atomic E-state index is 0.0666. The maximum Gasteiger partial charge on any atom is 0.238 e. The number of hydrogen-bond donors (Lipinski definition) is 1. The van der Waals surface area contributed by atoms with E-state index in [1.54, 1.807) is 0 Å². The molecule has 2 aromatic rings. The van der Waals surface area contributed by atoms with Crippen LogP contribution in [0.15, 0.2) is 24.3 Å². The summed E-state index contributed by atoms with van der Waals surface area (Å²) in [5.74, 6) is 1.89. The van der Waals surface area contributed by atoms with Gasteiger partial charge in [0.15, 0.2) is 0 Å². The smallest absolute Gasteiger partial charge is 0.238 e. The number of piperazine rings is 1. The van der Waals surface area contributed by atoms with Gasteiger partial charge in [0.25, 0.3) is 0 Å². The molecule has 5 rings (SSSR count). The zero-order valence-corrected chi connectivity index (χ0v) is 16.5. The number of hydrogen-bond acceptors (Lipinski definition) is 5. The van der Waals surface area contributed by atoms with E-state index in [-0.39, 0.29) is 5.91 Å². The van der Waals surface area contributed by atoms with Crippen LogP contribution in [0.2, 0.25) is 0 Å². The molecule has 1 aromatic carbocycles. The van der Waals surface area contributed by atoms with Gasteiger partial charge in [0.1, 0.15) is 11.6 Å². The van der Waals surface area contributed by atoms with Crippen LogP contribution in [-0.4, -0.2) is 52.5 Å². The summed E-state index contributed by atoms with van der Waals surface area (Å²) < 4.78 is 0. The van der Waals surface area contributed by atoms with Gasteiger partial charge >= 0.3 is 0 Å². The molecular weight excluding hydrogens is 338 g/mol. The highest BCUT2D eigenvalue weighted by molar-refractivity contribution is 5.92. The molecule has 3 saturated heterocycles. The van der Waals surface area contributed by atoms with Crippen molar-refractivity contribution in [1.82, 2.24) is 14.9 Å². The van der Waals surface area contributed by atoms with Crippen LogP contribution in [0.5, 0.6) is 0 Å². The second kappa shape index (κ2) is 6.93. The molecule has 3 aliphatic rings. The molecule has 1 aromatic heterocycles.